The molecule has 1 aromatic carbocycles. The molecule has 6 heteroatoms. The minimum Gasteiger partial charge on any atom is -0.396 e. The quantitative estimate of drug-likeness (QED) is 0.663. The van der Waals surface area contributed by atoms with Crippen LogP contribution in [-0.2, 0) is 11.2 Å². The summed E-state index contributed by atoms with van der Waals surface area (Å²) in [5, 5.41) is 19.7. The SMILES string of the molecule is O=C(Cc1ccc([N+](=O)[O-])cc1)N1CCCCC1CCO. The lowest BCUT2D eigenvalue weighted by molar-refractivity contribution is -0.384. The van der Waals surface area contributed by atoms with Gasteiger partial charge >= 0.3 is 0 Å². The Hall–Kier alpha value is -1.95. The highest BCUT2D eigenvalue weighted by atomic mass is 16.6. The van der Waals surface area contributed by atoms with Gasteiger partial charge in [0.2, 0.25) is 5.91 Å². The summed E-state index contributed by atoms with van der Waals surface area (Å²) in [6.07, 6.45) is 3.89. The maximum Gasteiger partial charge on any atom is 0.269 e. The van der Waals surface area contributed by atoms with Gasteiger partial charge in [-0.05, 0) is 31.2 Å². The van der Waals surface area contributed by atoms with Crippen LogP contribution in [0, 0.1) is 10.1 Å². The van der Waals surface area contributed by atoms with Crippen LogP contribution in [0.25, 0.3) is 0 Å². The summed E-state index contributed by atoms with van der Waals surface area (Å²) in [5.41, 5.74) is 0.807. The molecule has 1 saturated heterocycles. The second-order valence-corrected chi connectivity index (χ2v) is 5.35. The average molecular weight is 292 g/mol. The molecule has 1 heterocycles. The molecule has 0 aliphatic carbocycles. The molecule has 1 unspecified atom stereocenters. The summed E-state index contributed by atoms with van der Waals surface area (Å²) in [6.45, 7) is 0.822. The number of nitro benzene ring substituents is 1. The summed E-state index contributed by atoms with van der Waals surface area (Å²) in [6, 6.07) is 6.21. The van der Waals surface area contributed by atoms with E-state index in [1.807, 2.05) is 4.90 Å². The van der Waals surface area contributed by atoms with E-state index in [2.05, 4.69) is 0 Å². The number of carbonyl (C=O) groups is 1. The van der Waals surface area contributed by atoms with E-state index >= 15 is 0 Å². The number of carbonyl (C=O) groups excluding carboxylic acids is 1. The Labute approximate surface area is 123 Å². The molecule has 21 heavy (non-hydrogen) atoms. The molecule has 1 amide bonds. The Kier molecular flexibility index (Phi) is 5.27. The number of aliphatic hydroxyl groups excluding tert-OH is 1. The molecule has 0 radical (unpaired) electrons. The Morgan fingerprint density at radius 2 is 2.05 bits per heavy atom. The fourth-order valence-corrected chi connectivity index (χ4v) is 2.79. The second-order valence-electron chi connectivity index (χ2n) is 5.35. The van der Waals surface area contributed by atoms with E-state index in [9.17, 15) is 14.9 Å². The molecule has 0 saturated carbocycles. The highest BCUT2D eigenvalue weighted by Crippen LogP contribution is 2.21. The number of hydrogen-bond donors (Lipinski definition) is 1. The third-order valence-electron chi connectivity index (χ3n) is 3.91. The van der Waals surface area contributed by atoms with Crippen molar-refractivity contribution < 1.29 is 14.8 Å². The number of amides is 1. The van der Waals surface area contributed by atoms with E-state index in [1.54, 1.807) is 12.1 Å². The molecule has 1 aliphatic rings. The van der Waals surface area contributed by atoms with Crippen molar-refractivity contribution in [3.63, 3.8) is 0 Å². The van der Waals surface area contributed by atoms with Crippen molar-refractivity contribution in [2.24, 2.45) is 0 Å². The summed E-state index contributed by atoms with van der Waals surface area (Å²) in [7, 11) is 0. The fourth-order valence-electron chi connectivity index (χ4n) is 2.79. The van der Waals surface area contributed by atoms with Crippen LogP contribution in [0.15, 0.2) is 24.3 Å². The molecular formula is C15H20N2O4. The number of rotatable bonds is 5. The number of aliphatic hydroxyl groups is 1. The van der Waals surface area contributed by atoms with Gasteiger partial charge in [-0.3, -0.25) is 14.9 Å². The van der Waals surface area contributed by atoms with Crippen LogP contribution in [0.5, 0.6) is 0 Å². The first-order chi connectivity index (χ1) is 10.1. The standard InChI is InChI=1S/C15H20N2O4/c18-10-8-13-3-1-2-9-16(13)15(19)11-12-4-6-14(7-5-12)17(20)21/h4-7,13,18H,1-3,8-11H2. The van der Waals surface area contributed by atoms with Crippen molar-refractivity contribution in [1.29, 1.82) is 0 Å². The number of nitro groups is 1. The topological polar surface area (TPSA) is 83.7 Å². The summed E-state index contributed by atoms with van der Waals surface area (Å²) < 4.78 is 0. The molecule has 0 bridgehead atoms. The number of nitrogens with zero attached hydrogens (tertiary/aromatic N) is 2. The maximum absolute atomic E-state index is 12.4. The van der Waals surface area contributed by atoms with Crippen LogP contribution in [0.4, 0.5) is 5.69 Å². The van der Waals surface area contributed by atoms with Gasteiger partial charge in [0.05, 0.1) is 11.3 Å². The van der Waals surface area contributed by atoms with Gasteiger partial charge in [-0.15, -0.1) is 0 Å². The van der Waals surface area contributed by atoms with Gasteiger partial charge in [0.1, 0.15) is 0 Å². The van der Waals surface area contributed by atoms with Crippen molar-refractivity contribution in [2.45, 2.75) is 38.1 Å². The van der Waals surface area contributed by atoms with Gasteiger partial charge < -0.3 is 10.0 Å². The number of non-ortho nitro benzene ring substituents is 1. The zero-order valence-corrected chi connectivity index (χ0v) is 11.9. The van der Waals surface area contributed by atoms with Gasteiger partial charge in [0, 0.05) is 31.3 Å². The minimum atomic E-state index is -0.451. The fraction of sp³-hybridized carbons (Fsp3) is 0.533. The zero-order valence-electron chi connectivity index (χ0n) is 11.9. The normalized spacial score (nSPS) is 18.5. The smallest absolute Gasteiger partial charge is 0.269 e. The minimum absolute atomic E-state index is 0.0296. The largest absolute Gasteiger partial charge is 0.396 e. The molecule has 6 nitrogen and oxygen atoms in total. The van der Waals surface area contributed by atoms with Crippen LogP contribution in [0.2, 0.25) is 0 Å². The Morgan fingerprint density at radius 1 is 1.33 bits per heavy atom. The lowest BCUT2D eigenvalue weighted by atomic mass is 9.98. The number of benzene rings is 1. The molecule has 1 fully saturated rings. The molecule has 1 atom stereocenters. The van der Waals surface area contributed by atoms with E-state index in [4.69, 9.17) is 5.11 Å². The molecule has 0 aromatic heterocycles. The summed E-state index contributed by atoms with van der Waals surface area (Å²) in [4.78, 5) is 24.4. The van der Waals surface area contributed by atoms with Gasteiger partial charge in [-0.1, -0.05) is 12.1 Å². The third-order valence-corrected chi connectivity index (χ3v) is 3.91. The Morgan fingerprint density at radius 3 is 2.67 bits per heavy atom. The van der Waals surface area contributed by atoms with E-state index < -0.39 is 4.92 Å². The Bertz CT molecular complexity index is 499. The van der Waals surface area contributed by atoms with Crippen molar-refractivity contribution in [3.05, 3.63) is 39.9 Å². The molecule has 114 valence electrons. The van der Waals surface area contributed by atoms with Crippen LogP contribution >= 0.6 is 0 Å². The van der Waals surface area contributed by atoms with E-state index in [0.717, 1.165) is 31.4 Å². The van der Waals surface area contributed by atoms with Gasteiger partial charge in [0.25, 0.3) is 5.69 Å². The second kappa shape index (κ2) is 7.17. The van der Waals surface area contributed by atoms with Crippen molar-refractivity contribution in [2.75, 3.05) is 13.2 Å². The first kappa shape index (κ1) is 15.4. The number of hydrogen-bond acceptors (Lipinski definition) is 4. The molecule has 0 spiro atoms. The van der Waals surface area contributed by atoms with E-state index in [1.165, 1.54) is 12.1 Å². The van der Waals surface area contributed by atoms with Crippen molar-refractivity contribution in [1.82, 2.24) is 4.90 Å². The van der Waals surface area contributed by atoms with Crippen molar-refractivity contribution >= 4 is 11.6 Å². The molecule has 1 aromatic rings. The predicted molar refractivity (Wildman–Crippen MR) is 77.9 cm³/mol. The van der Waals surface area contributed by atoms with E-state index in [-0.39, 0.29) is 30.7 Å². The average Bonchev–Trinajstić information content (AvgIpc) is 2.48. The van der Waals surface area contributed by atoms with Crippen LogP contribution in [0.3, 0.4) is 0 Å². The number of likely N-dealkylation sites (tertiary alicyclic amines) is 1. The monoisotopic (exact) mass is 292 g/mol. The molecule has 1 N–H and O–H groups in total. The van der Waals surface area contributed by atoms with Gasteiger partial charge in [-0.2, -0.15) is 0 Å². The van der Waals surface area contributed by atoms with Crippen molar-refractivity contribution in [3.8, 4) is 0 Å². The molecule has 2 rings (SSSR count). The van der Waals surface area contributed by atoms with Gasteiger partial charge in [-0.25, -0.2) is 0 Å². The lowest BCUT2D eigenvalue weighted by Gasteiger charge is -2.35. The zero-order chi connectivity index (χ0) is 15.2. The first-order valence-electron chi connectivity index (χ1n) is 7.25. The third kappa shape index (κ3) is 4.01. The highest BCUT2D eigenvalue weighted by Gasteiger charge is 2.26. The highest BCUT2D eigenvalue weighted by molar-refractivity contribution is 5.79. The van der Waals surface area contributed by atoms with Crippen LogP contribution in [-0.4, -0.2) is 40.0 Å². The Balaban J connectivity index is 2.00. The van der Waals surface area contributed by atoms with Crippen LogP contribution in [0.1, 0.15) is 31.2 Å². The van der Waals surface area contributed by atoms with Crippen LogP contribution < -0.4 is 0 Å². The first-order valence-corrected chi connectivity index (χ1v) is 7.25. The molecular weight excluding hydrogens is 272 g/mol. The number of piperidine rings is 1. The molecule has 1 aliphatic heterocycles. The van der Waals surface area contributed by atoms with E-state index in [0.29, 0.717) is 6.42 Å². The maximum atomic E-state index is 12.4. The summed E-state index contributed by atoms with van der Waals surface area (Å²) >= 11 is 0. The summed E-state index contributed by atoms with van der Waals surface area (Å²) in [5.74, 6) is 0.0296. The predicted octanol–water partition coefficient (Wildman–Crippen LogP) is 1.90. The lowest BCUT2D eigenvalue weighted by Crippen LogP contribution is -2.44. The van der Waals surface area contributed by atoms with Gasteiger partial charge in [0.15, 0.2) is 0 Å².